The molecule has 0 radical (unpaired) electrons. The van der Waals surface area contributed by atoms with Gasteiger partial charge in [-0.05, 0) is 25.5 Å². The first-order valence-corrected chi connectivity index (χ1v) is 7.26. The minimum atomic E-state index is -1.06. The minimum absolute atomic E-state index is 0. The molecule has 2 aromatic rings. The summed E-state index contributed by atoms with van der Waals surface area (Å²) in [6.45, 7) is 3.97. The first-order valence-electron chi connectivity index (χ1n) is 7.26. The number of carboxylic acids is 1. The van der Waals surface area contributed by atoms with Crippen LogP contribution in [0.2, 0.25) is 0 Å². The predicted molar refractivity (Wildman–Crippen MR) is 94.7 cm³/mol. The molecule has 1 aliphatic heterocycles. The highest BCUT2D eigenvalue weighted by molar-refractivity contribution is 8.93. The van der Waals surface area contributed by atoms with Crippen LogP contribution in [0.1, 0.15) is 31.4 Å². The Morgan fingerprint density at radius 3 is 1.78 bits per heavy atom. The zero-order valence-corrected chi connectivity index (χ0v) is 14.9. The van der Waals surface area contributed by atoms with E-state index in [9.17, 15) is 9.90 Å². The molecule has 124 valence electrons. The van der Waals surface area contributed by atoms with Crippen LogP contribution < -0.4 is 4.74 Å². The largest absolute Gasteiger partial charge is 0.480 e. The molecule has 1 heterocycles. The van der Waals surface area contributed by atoms with Crippen molar-refractivity contribution in [1.29, 1.82) is 0 Å². The van der Waals surface area contributed by atoms with Crippen LogP contribution in [0.15, 0.2) is 48.5 Å². The number of carboxylic acid groups (broad SMARTS) is 1. The molecule has 0 fully saturated rings. The van der Waals surface area contributed by atoms with Crippen molar-refractivity contribution in [3.63, 3.8) is 0 Å². The van der Waals surface area contributed by atoms with Gasteiger partial charge in [0, 0.05) is 17.7 Å². The van der Waals surface area contributed by atoms with Gasteiger partial charge in [0.2, 0.25) is 0 Å². The molecule has 0 spiro atoms. The molecule has 5 heteroatoms. The number of ether oxygens (including phenoxy) is 1. The molecule has 0 saturated carbocycles. The Morgan fingerprint density at radius 1 is 1.04 bits per heavy atom. The second-order valence-corrected chi connectivity index (χ2v) is 5.25. The zero-order valence-electron chi connectivity index (χ0n) is 13.2. The number of aliphatic hydroxyl groups is 1. The van der Waals surface area contributed by atoms with Gasteiger partial charge >= 0.3 is 5.97 Å². The first-order chi connectivity index (χ1) is 10.6. The summed E-state index contributed by atoms with van der Waals surface area (Å²) in [5.74, 6) is 0.355. The molecule has 1 aliphatic rings. The molecule has 23 heavy (non-hydrogen) atoms. The summed E-state index contributed by atoms with van der Waals surface area (Å²) in [6, 6.07) is 14.6. The molecule has 3 rings (SSSR count). The van der Waals surface area contributed by atoms with Crippen molar-refractivity contribution in [2.75, 3.05) is 6.61 Å². The molecular weight excluding hydrogens is 360 g/mol. The second-order valence-electron chi connectivity index (χ2n) is 5.25. The fourth-order valence-electron chi connectivity index (χ4n) is 2.43. The second kappa shape index (κ2) is 8.13. The van der Waals surface area contributed by atoms with Crippen LogP contribution in [0.4, 0.5) is 0 Å². The number of aliphatic carboxylic acids is 1. The van der Waals surface area contributed by atoms with Crippen molar-refractivity contribution in [1.82, 2.24) is 0 Å². The zero-order chi connectivity index (χ0) is 16.2. The highest BCUT2D eigenvalue weighted by Crippen LogP contribution is 2.47. The van der Waals surface area contributed by atoms with E-state index in [1.54, 1.807) is 31.2 Å². The number of hydrogen-bond donors (Lipinski definition) is 2. The lowest BCUT2D eigenvalue weighted by Gasteiger charge is -2.33. The third-order valence-electron chi connectivity index (χ3n) is 3.72. The standard InChI is InChI=1S/C15H12O3.C3H8O.BrH/c1-15(14(16)17)10-6-2-4-8-12(10)18-13-9-5-3-7-11(13)15;1-2-3-4;/h2-9H,1H3,(H,16,17);4H,2-3H2,1H3;1H. The van der Waals surface area contributed by atoms with Crippen LogP contribution >= 0.6 is 17.0 Å². The van der Waals surface area contributed by atoms with Crippen molar-refractivity contribution < 1.29 is 19.7 Å². The van der Waals surface area contributed by atoms with Crippen molar-refractivity contribution in [2.45, 2.75) is 25.7 Å². The summed E-state index contributed by atoms with van der Waals surface area (Å²) in [7, 11) is 0. The van der Waals surface area contributed by atoms with Gasteiger partial charge in [0.1, 0.15) is 16.9 Å². The van der Waals surface area contributed by atoms with Gasteiger partial charge in [0.05, 0.1) is 0 Å². The van der Waals surface area contributed by atoms with Crippen LogP contribution in [0.3, 0.4) is 0 Å². The highest BCUT2D eigenvalue weighted by atomic mass is 79.9. The van der Waals surface area contributed by atoms with Gasteiger partial charge in [-0.2, -0.15) is 0 Å². The van der Waals surface area contributed by atoms with Crippen LogP contribution in [0.25, 0.3) is 0 Å². The van der Waals surface area contributed by atoms with Gasteiger partial charge in [-0.15, -0.1) is 17.0 Å². The van der Waals surface area contributed by atoms with E-state index < -0.39 is 11.4 Å². The lowest BCUT2D eigenvalue weighted by Crippen LogP contribution is -2.36. The quantitative estimate of drug-likeness (QED) is 0.820. The molecule has 0 saturated heterocycles. The molecule has 4 nitrogen and oxygen atoms in total. The van der Waals surface area contributed by atoms with Crippen molar-refractivity contribution in [3.05, 3.63) is 59.7 Å². The maximum absolute atomic E-state index is 11.7. The fourth-order valence-corrected chi connectivity index (χ4v) is 2.43. The number of para-hydroxylation sites is 2. The van der Waals surface area contributed by atoms with Gasteiger partial charge in [-0.25, -0.2) is 0 Å². The lowest BCUT2D eigenvalue weighted by atomic mass is 9.74. The summed E-state index contributed by atoms with van der Waals surface area (Å²) in [4.78, 5) is 11.7. The first kappa shape index (κ1) is 19.2. The van der Waals surface area contributed by atoms with Crippen LogP contribution in [0, 0.1) is 0 Å². The van der Waals surface area contributed by atoms with Gasteiger partial charge in [-0.3, -0.25) is 4.79 Å². The molecule has 0 bridgehead atoms. The van der Waals surface area contributed by atoms with Crippen LogP contribution in [0.5, 0.6) is 11.5 Å². The number of aliphatic hydroxyl groups excluding tert-OH is 1. The molecule has 0 unspecified atom stereocenters. The van der Waals surface area contributed by atoms with E-state index in [1.165, 1.54) is 0 Å². The minimum Gasteiger partial charge on any atom is -0.480 e. The van der Waals surface area contributed by atoms with E-state index in [4.69, 9.17) is 9.84 Å². The Labute approximate surface area is 146 Å². The van der Waals surface area contributed by atoms with Crippen molar-refractivity contribution in [2.24, 2.45) is 0 Å². The van der Waals surface area contributed by atoms with Crippen LogP contribution in [-0.2, 0) is 10.2 Å². The third kappa shape index (κ3) is 3.57. The Balaban J connectivity index is 0.000000478. The molecule has 0 amide bonds. The normalized spacial score (nSPS) is 13.2. The Kier molecular flexibility index (Phi) is 6.79. The smallest absolute Gasteiger partial charge is 0.318 e. The highest BCUT2D eigenvalue weighted by Gasteiger charge is 2.44. The maximum Gasteiger partial charge on any atom is 0.318 e. The van der Waals surface area contributed by atoms with Gasteiger partial charge in [-0.1, -0.05) is 43.3 Å². The van der Waals surface area contributed by atoms with Gasteiger partial charge < -0.3 is 14.9 Å². The molecule has 0 aliphatic carbocycles. The summed E-state index contributed by atoms with van der Waals surface area (Å²) >= 11 is 0. The van der Waals surface area contributed by atoms with Gasteiger partial charge in [0.15, 0.2) is 0 Å². The summed E-state index contributed by atoms with van der Waals surface area (Å²) in [5, 5.41) is 17.5. The number of carbonyl (C=O) groups is 1. The molecule has 0 atom stereocenters. The van der Waals surface area contributed by atoms with E-state index in [1.807, 2.05) is 31.2 Å². The van der Waals surface area contributed by atoms with Gasteiger partial charge in [0.25, 0.3) is 0 Å². The van der Waals surface area contributed by atoms with E-state index in [2.05, 4.69) is 0 Å². The topological polar surface area (TPSA) is 66.8 Å². The predicted octanol–water partition coefficient (Wildman–Crippen LogP) is 4.15. The Bertz CT molecular complexity index is 622. The third-order valence-corrected chi connectivity index (χ3v) is 3.72. The molecule has 2 aromatic carbocycles. The number of halogens is 1. The number of fused-ring (bicyclic) bond motifs is 2. The van der Waals surface area contributed by atoms with Crippen LogP contribution in [-0.4, -0.2) is 22.8 Å². The SMILES string of the molecule is Br.CC1(C(=O)O)c2ccccc2Oc2ccccc21.CCCO. The lowest BCUT2D eigenvalue weighted by molar-refractivity contribution is -0.141. The Morgan fingerprint density at radius 2 is 1.43 bits per heavy atom. The summed E-state index contributed by atoms with van der Waals surface area (Å²) in [6.07, 6.45) is 0.875. The molecular formula is C18H21BrO4. The summed E-state index contributed by atoms with van der Waals surface area (Å²) in [5.41, 5.74) is 0.318. The molecule has 2 N–H and O–H groups in total. The number of hydrogen-bond acceptors (Lipinski definition) is 3. The van der Waals surface area contributed by atoms with E-state index in [-0.39, 0.29) is 17.0 Å². The van der Waals surface area contributed by atoms with E-state index in [0.717, 1.165) is 6.42 Å². The van der Waals surface area contributed by atoms with Crippen molar-refractivity contribution >= 4 is 23.0 Å². The molecule has 0 aromatic heterocycles. The van der Waals surface area contributed by atoms with Crippen molar-refractivity contribution in [3.8, 4) is 11.5 Å². The fraction of sp³-hybridized carbons (Fsp3) is 0.278. The monoisotopic (exact) mass is 380 g/mol. The maximum atomic E-state index is 11.7. The number of rotatable bonds is 2. The Hall–Kier alpha value is -1.85. The van der Waals surface area contributed by atoms with E-state index in [0.29, 0.717) is 29.2 Å². The van der Waals surface area contributed by atoms with E-state index >= 15 is 0 Å². The number of benzene rings is 2. The summed E-state index contributed by atoms with van der Waals surface area (Å²) < 4.78 is 5.76. The average molecular weight is 381 g/mol. The average Bonchev–Trinajstić information content (AvgIpc) is 2.55.